The van der Waals surface area contributed by atoms with Gasteiger partial charge in [0.1, 0.15) is 47.9 Å². The highest BCUT2D eigenvalue weighted by Gasteiger charge is 2.21. The second-order valence-corrected chi connectivity index (χ2v) is 7.05. The van der Waals surface area contributed by atoms with Gasteiger partial charge in [0, 0.05) is 54.5 Å². The van der Waals surface area contributed by atoms with Crippen LogP contribution in [0.1, 0.15) is 15.9 Å². The van der Waals surface area contributed by atoms with Gasteiger partial charge in [-0.2, -0.15) is 0 Å². The van der Waals surface area contributed by atoms with E-state index in [1.807, 2.05) is 42.4 Å². The van der Waals surface area contributed by atoms with Crippen molar-refractivity contribution in [1.29, 1.82) is 0 Å². The van der Waals surface area contributed by atoms with E-state index in [0.29, 0.717) is 11.3 Å². The third-order valence-corrected chi connectivity index (χ3v) is 4.39. The zero-order valence-electron chi connectivity index (χ0n) is 11.7. The molecule has 0 bridgehead atoms. The van der Waals surface area contributed by atoms with Crippen molar-refractivity contribution in [2.24, 2.45) is 0 Å². The normalized spacial score (nSPS) is 10.3. The van der Waals surface area contributed by atoms with Crippen LogP contribution in [0.5, 0.6) is 17.2 Å². The van der Waals surface area contributed by atoms with Gasteiger partial charge in [0.15, 0.2) is 5.75 Å². The molecule has 0 heterocycles. The maximum atomic E-state index is 12.9. The number of hydrogen-bond donors (Lipinski definition) is 1. The van der Waals surface area contributed by atoms with E-state index in [1.54, 1.807) is 12.1 Å². The fraction of sp³-hybridized carbons (Fsp3) is 0.0714. The molecule has 0 aliphatic heterocycles. The van der Waals surface area contributed by atoms with Crippen LogP contribution in [0, 0.1) is 5.82 Å². The van der Waals surface area contributed by atoms with Crippen LogP contribution >= 0.6 is 60.8 Å². The molecule has 0 amide bonds. The lowest BCUT2D eigenvalue weighted by Gasteiger charge is -2.14. The van der Waals surface area contributed by atoms with Crippen LogP contribution in [-0.2, 0) is 6.61 Å². The first kappa shape index (κ1) is 19.7. The quantitative estimate of drug-likeness (QED) is 0.304. The molecule has 128 valence electrons. The van der Waals surface area contributed by atoms with Crippen molar-refractivity contribution in [2.45, 2.75) is 6.61 Å². The first-order chi connectivity index (χ1) is 11.5. The summed E-state index contributed by atoms with van der Waals surface area (Å²) >= 11 is 3.83. The van der Waals surface area contributed by atoms with Crippen LogP contribution in [0.3, 0.4) is 0 Å². The minimum Gasteiger partial charge on any atom is -0.488 e. The second-order valence-electron chi connectivity index (χ2n) is 4.31. The van der Waals surface area contributed by atoms with E-state index in [-0.39, 0.29) is 29.5 Å². The van der Waals surface area contributed by atoms with Crippen molar-refractivity contribution in [3.05, 3.63) is 53.3 Å². The molecule has 2 aromatic carbocycles. The molecule has 1 N–H and O–H groups in total. The van der Waals surface area contributed by atoms with Gasteiger partial charge >= 0.3 is 5.97 Å². The van der Waals surface area contributed by atoms with E-state index in [9.17, 15) is 14.3 Å². The SMILES string of the molecule is O=C(O)c1c(OCc2ccc(F)cc2)cc(OSI)cc1OSI. The smallest absolute Gasteiger partial charge is 0.343 e. The van der Waals surface area contributed by atoms with Gasteiger partial charge in [-0.15, -0.1) is 0 Å². The Bertz CT molecular complexity index is 715. The van der Waals surface area contributed by atoms with Crippen molar-refractivity contribution in [2.75, 3.05) is 0 Å². The van der Waals surface area contributed by atoms with Crippen LogP contribution in [-0.4, -0.2) is 11.1 Å². The number of aromatic carboxylic acids is 1. The number of hydrogen-bond acceptors (Lipinski definition) is 6. The summed E-state index contributed by atoms with van der Waals surface area (Å²) in [7, 11) is 2.06. The van der Waals surface area contributed by atoms with Gasteiger partial charge in [-0.1, -0.05) is 12.1 Å². The van der Waals surface area contributed by atoms with Crippen molar-refractivity contribution >= 4 is 66.8 Å². The molecule has 0 radical (unpaired) electrons. The van der Waals surface area contributed by atoms with E-state index in [2.05, 4.69) is 0 Å². The Hall–Kier alpha value is -0.600. The van der Waals surface area contributed by atoms with Gasteiger partial charge in [-0.3, -0.25) is 0 Å². The van der Waals surface area contributed by atoms with E-state index in [4.69, 9.17) is 13.1 Å². The largest absolute Gasteiger partial charge is 0.488 e. The van der Waals surface area contributed by atoms with Crippen molar-refractivity contribution in [1.82, 2.24) is 0 Å². The summed E-state index contributed by atoms with van der Waals surface area (Å²) in [6.45, 7) is 0.0816. The summed E-state index contributed by atoms with van der Waals surface area (Å²) in [6.07, 6.45) is 0. The van der Waals surface area contributed by atoms with E-state index < -0.39 is 5.97 Å². The van der Waals surface area contributed by atoms with Gasteiger partial charge in [0.25, 0.3) is 0 Å². The minimum atomic E-state index is -1.18. The van der Waals surface area contributed by atoms with Gasteiger partial charge in [-0.25, -0.2) is 9.18 Å². The highest BCUT2D eigenvalue weighted by atomic mass is 127. The Morgan fingerprint density at radius 1 is 1.08 bits per heavy atom. The van der Waals surface area contributed by atoms with E-state index >= 15 is 0 Å². The second kappa shape index (κ2) is 9.77. The Kier molecular flexibility index (Phi) is 8.03. The molecule has 0 aliphatic rings. The van der Waals surface area contributed by atoms with Crippen LogP contribution in [0.15, 0.2) is 36.4 Å². The van der Waals surface area contributed by atoms with Crippen molar-refractivity contribution in [3.8, 4) is 17.2 Å². The third-order valence-electron chi connectivity index (χ3n) is 2.81. The number of carbonyl (C=O) groups is 1. The first-order valence-electron chi connectivity index (χ1n) is 6.24. The fourth-order valence-electron chi connectivity index (χ4n) is 1.82. The van der Waals surface area contributed by atoms with Crippen molar-refractivity contribution < 1.29 is 27.4 Å². The Labute approximate surface area is 170 Å². The van der Waals surface area contributed by atoms with Gasteiger partial charge < -0.3 is 18.2 Å². The van der Waals surface area contributed by atoms with Crippen LogP contribution < -0.4 is 13.1 Å². The average molecular weight is 594 g/mol. The zero-order valence-corrected chi connectivity index (χ0v) is 17.6. The molecule has 0 atom stereocenters. The van der Waals surface area contributed by atoms with Crippen LogP contribution in [0.4, 0.5) is 4.39 Å². The molecular weight excluding hydrogens is 585 g/mol. The summed E-state index contributed by atoms with van der Waals surface area (Å²) in [5.41, 5.74) is 0.597. The zero-order chi connectivity index (χ0) is 17.5. The molecule has 2 rings (SSSR count). The molecular formula is C14H9FI2O5S2. The summed E-state index contributed by atoms with van der Waals surface area (Å²) in [5.74, 6) is -0.907. The lowest BCUT2D eigenvalue weighted by molar-refractivity contribution is 0.0690. The summed E-state index contributed by atoms with van der Waals surface area (Å²) in [6, 6.07) is 8.70. The molecule has 0 spiro atoms. The number of carboxylic acids is 1. The van der Waals surface area contributed by atoms with Crippen LogP contribution in [0.2, 0.25) is 0 Å². The monoisotopic (exact) mass is 594 g/mol. The average Bonchev–Trinajstić information content (AvgIpc) is 2.54. The summed E-state index contributed by atoms with van der Waals surface area (Å²) in [5, 5.41) is 9.46. The van der Waals surface area contributed by atoms with E-state index in [0.717, 1.165) is 18.4 Å². The number of carboxylic acid groups (broad SMARTS) is 1. The highest BCUT2D eigenvalue weighted by molar-refractivity contribution is 14.2. The summed E-state index contributed by atoms with van der Waals surface area (Å²) in [4.78, 5) is 11.6. The van der Waals surface area contributed by atoms with Crippen molar-refractivity contribution in [3.63, 3.8) is 0 Å². The first-order valence-corrected chi connectivity index (χ1v) is 12.8. The predicted octanol–water partition coefficient (Wildman–Crippen LogP) is 5.86. The van der Waals surface area contributed by atoms with E-state index in [1.165, 1.54) is 24.3 Å². The Morgan fingerprint density at radius 2 is 1.71 bits per heavy atom. The van der Waals surface area contributed by atoms with Gasteiger partial charge in [0.05, 0.1) is 0 Å². The molecule has 2 aromatic rings. The molecule has 5 nitrogen and oxygen atoms in total. The molecule has 0 unspecified atom stereocenters. The molecule has 0 saturated carbocycles. The Morgan fingerprint density at radius 3 is 2.29 bits per heavy atom. The standard InChI is InChI=1S/C14H9FI2O5S2/c15-9-3-1-8(2-4-9)7-20-11-5-10(21-23-16)6-12(22-24-17)13(11)14(18)19/h1-6H,7H2,(H,18,19). The lowest BCUT2D eigenvalue weighted by atomic mass is 10.1. The topological polar surface area (TPSA) is 65.0 Å². The summed E-state index contributed by atoms with van der Waals surface area (Å²) < 4.78 is 29.2. The molecule has 0 fully saturated rings. The van der Waals surface area contributed by atoms with Crippen LogP contribution in [0.25, 0.3) is 0 Å². The third kappa shape index (κ3) is 5.46. The lowest BCUT2D eigenvalue weighted by Crippen LogP contribution is -2.05. The highest BCUT2D eigenvalue weighted by Crippen LogP contribution is 2.38. The molecule has 10 heteroatoms. The molecule has 0 saturated heterocycles. The predicted molar refractivity (Wildman–Crippen MR) is 109 cm³/mol. The minimum absolute atomic E-state index is 0.0816. The van der Waals surface area contributed by atoms with Gasteiger partial charge in [0.2, 0.25) is 0 Å². The molecule has 0 aromatic heterocycles. The number of rotatable bonds is 8. The number of ether oxygens (including phenoxy) is 1. The van der Waals surface area contributed by atoms with Gasteiger partial charge in [-0.05, 0) is 17.7 Å². The maximum absolute atomic E-state index is 12.9. The molecule has 24 heavy (non-hydrogen) atoms. The Balaban J connectivity index is 2.33. The number of halogens is 3. The molecule has 0 aliphatic carbocycles. The fourth-order valence-corrected chi connectivity index (χ4v) is 3.39. The number of benzene rings is 2. The maximum Gasteiger partial charge on any atom is 0.343 e.